The SMILES string of the molecule is COc1cc(F)c(CNc2nc(C)c(-c3nc4c(C5CC5)nccc4s3)c(N[C@@H]3C[C@H](CS(C)(=O)=O)[C@@H](O)[C@H]3O)n2)c(F)c1. The third-order valence-electron chi connectivity index (χ3n) is 8.02. The number of nitrogens with zero attached hydrogens (tertiary/aromatic N) is 4. The highest BCUT2D eigenvalue weighted by atomic mass is 32.2. The molecule has 3 heterocycles. The first-order valence-corrected chi connectivity index (χ1v) is 17.0. The molecule has 0 unspecified atom stereocenters. The molecule has 0 saturated heterocycles. The quantitative estimate of drug-likeness (QED) is 0.199. The summed E-state index contributed by atoms with van der Waals surface area (Å²) < 4.78 is 59.0. The van der Waals surface area contributed by atoms with Gasteiger partial charge in [-0.25, -0.2) is 27.2 Å². The number of pyridine rings is 1. The first kappa shape index (κ1) is 30.5. The molecule has 4 N–H and O–H groups in total. The minimum Gasteiger partial charge on any atom is -0.497 e. The van der Waals surface area contributed by atoms with E-state index in [0.717, 1.165) is 47.1 Å². The maximum absolute atomic E-state index is 14.6. The largest absolute Gasteiger partial charge is 0.497 e. The van der Waals surface area contributed by atoms with Gasteiger partial charge in [0.15, 0.2) is 0 Å². The molecule has 4 aromatic rings. The number of aliphatic hydroxyl groups is 2. The van der Waals surface area contributed by atoms with Crippen molar-refractivity contribution in [3.63, 3.8) is 0 Å². The Balaban J connectivity index is 1.37. The Morgan fingerprint density at radius 1 is 1.11 bits per heavy atom. The van der Waals surface area contributed by atoms with E-state index >= 15 is 0 Å². The topological polar surface area (TPSA) is 159 Å². The number of aliphatic hydroxyl groups excluding tert-OH is 2. The van der Waals surface area contributed by atoms with Crippen LogP contribution in [0.1, 0.15) is 42.1 Å². The van der Waals surface area contributed by atoms with Gasteiger partial charge in [0.1, 0.15) is 49.7 Å². The van der Waals surface area contributed by atoms with Crippen molar-refractivity contribution < 1.29 is 32.1 Å². The number of halogens is 2. The van der Waals surface area contributed by atoms with E-state index in [1.165, 1.54) is 18.4 Å². The Bertz CT molecular complexity index is 1810. The molecule has 1 aromatic carbocycles. The van der Waals surface area contributed by atoms with Gasteiger partial charge in [-0.3, -0.25) is 4.98 Å². The molecule has 6 rings (SSSR count). The van der Waals surface area contributed by atoms with Gasteiger partial charge in [0.2, 0.25) is 5.95 Å². The molecule has 0 spiro atoms. The van der Waals surface area contributed by atoms with Crippen molar-refractivity contribution in [2.75, 3.05) is 29.8 Å². The second-order valence-electron chi connectivity index (χ2n) is 11.4. The highest BCUT2D eigenvalue weighted by Crippen LogP contribution is 2.44. The van der Waals surface area contributed by atoms with E-state index in [4.69, 9.17) is 9.72 Å². The van der Waals surface area contributed by atoms with Gasteiger partial charge in [-0.2, -0.15) is 4.98 Å². The van der Waals surface area contributed by atoms with Crippen molar-refractivity contribution >= 4 is 43.2 Å². The van der Waals surface area contributed by atoms with E-state index in [2.05, 4.69) is 25.6 Å². The van der Waals surface area contributed by atoms with Gasteiger partial charge in [-0.1, -0.05) is 0 Å². The smallest absolute Gasteiger partial charge is 0.225 e. The van der Waals surface area contributed by atoms with Crippen LogP contribution in [0, 0.1) is 24.5 Å². The molecule has 44 heavy (non-hydrogen) atoms. The summed E-state index contributed by atoms with van der Waals surface area (Å²) in [7, 11) is -2.09. The van der Waals surface area contributed by atoms with Crippen LogP contribution in [-0.4, -0.2) is 75.9 Å². The summed E-state index contributed by atoms with van der Waals surface area (Å²) in [6.45, 7) is 1.49. The summed E-state index contributed by atoms with van der Waals surface area (Å²) in [5.41, 5.74) is 2.57. The van der Waals surface area contributed by atoms with Gasteiger partial charge in [-0.15, -0.1) is 11.3 Å². The number of anilines is 2. The molecule has 234 valence electrons. The lowest BCUT2D eigenvalue weighted by atomic mass is 10.1. The number of thiazole rings is 1. The maximum atomic E-state index is 14.6. The Kier molecular flexibility index (Phi) is 8.15. The number of ether oxygens (including phenoxy) is 1. The van der Waals surface area contributed by atoms with E-state index in [9.17, 15) is 27.4 Å². The number of fused-ring (bicyclic) bond motifs is 1. The Morgan fingerprint density at radius 2 is 1.84 bits per heavy atom. The first-order chi connectivity index (χ1) is 20.9. The fraction of sp³-hybridized carbons (Fsp3) is 0.448. The van der Waals surface area contributed by atoms with E-state index < -0.39 is 45.6 Å². The second kappa shape index (κ2) is 11.8. The summed E-state index contributed by atoms with van der Waals surface area (Å²) in [6.07, 6.45) is 2.59. The summed E-state index contributed by atoms with van der Waals surface area (Å²) in [5.74, 6) is -1.80. The third-order valence-corrected chi connectivity index (χ3v) is 10.1. The van der Waals surface area contributed by atoms with Crippen LogP contribution in [0.15, 0.2) is 24.4 Å². The number of rotatable bonds is 10. The van der Waals surface area contributed by atoms with Crippen molar-refractivity contribution in [2.24, 2.45) is 5.92 Å². The number of hydrogen-bond donors (Lipinski definition) is 4. The van der Waals surface area contributed by atoms with E-state index in [-0.39, 0.29) is 41.8 Å². The predicted molar refractivity (Wildman–Crippen MR) is 163 cm³/mol. The monoisotopic (exact) mass is 646 g/mol. The molecule has 2 aliphatic carbocycles. The van der Waals surface area contributed by atoms with Crippen LogP contribution < -0.4 is 15.4 Å². The van der Waals surface area contributed by atoms with Crippen molar-refractivity contribution in [1.29, 1.82) is 0 Å². The van der Waals surface area contributed by atoms with Crippen molar-refractivity contribution in [2.45, 2.75) is 56.9 Å². The molecule has 0 aliphatic heterocycles. The molecule has 2 aliphatic rings. The van der Waals surface area contributed by atoms with Crippen LogP contribution >= 0.6 is 11.3 Å². The van der Waals surface area contributed by atoms with Gasteiger partial charge in [0.05, 0.1) is 46.7 Å². The molecule has 11 nitrogen and oxygen atoms in total. The van der Waals surface area contributed by atoms with Gasteiger partial charge in [0, 0.05) is 48.5 Å². The number of nitrogens with one attached hydrogen (secondary N) is 2. The molecular weight excluding hydrogens is 614 g/mol. The number of aromatic nitrogens is 4. The molecule has 0 amide bonds. The zero-order valence-electron chi connectivity index (χ0n) is 24.2. The first-order valence-electron chi connectivity index (χ1n) is 14.1. The Labute approximate surface area is 256 Å². The van der Waals surface area contributed by atoms with E-state index in [1.807, 2.05) is 6.07 Å². The fourth-order valence-corrected chi connectivity index (χ4v) is 7.86. The highest BCUT2D eigenvalue weighted by molar-refractivity contribution is 7.90. The van der Waals surface area contributed by atoms with Gasteiger partial charge < -0.3 is 25.6 Å². The molecular formula is C29H32F2N6O5S2. The lowest BCUT2D eigenvalue weighted by Gasteiger charge is -2.21. The minimum atomic E-state index is -3.41. The number of sulfone groups is 1. The normalized spacial score (nSPS) is 22.0. The average molecular weight is 647 g/mol. The number of methoxy groups -OCH3 is 1. The van der Waals surface area contributed by atoms with Crippen LogP contribution in [0.2, 0.25) is 0 Å². The van der Waals surface area contributed by atoms with Crippen LogP contribution in [0.5, 0.6) is 5.75 Å². The molecule has 15 heteroatoms. The van der Waals surface area contributed by atoms with E-state index in [0.29, 0.717) is 22.2 Å². The zero-order chi connectivity index (χ0) is 31.3. The molecule has 0 radical (unpaired) electrons. The third kappa shape index (κ3) is 6.18. The zero-order valence-corrected chi connectivity index (χ0v) is 25.8. The van der Waals surface area contributed by atoms with Crippen molar-refractivity contribution in [3.05, 3.63) is 53.0 Å². The summed E-state index contributed by atoms with van der Waals surface area (Å²) in [6, 6.07) is 3.32. The summed E-state index contributed by atoms with van der Waals surface area (Å²) in [5, 5.41) is 28.2. The predicted octanol–water partition coefficient (Wildman–Crippen LogP) is 3.80. The molecule has 0 bridgehead atoms. The summed E-state index contributed by atoms with van der Waals surface area (Å²) >= 11 is 1.44. The molecule has 2 fully saturated rings. The van der Waals surface area contributed by atoms with Crippen LogP contribution in [-0.2, 0) is 16.4 Å². The number of benzene rings is 1. The number of hydrogen-bond acceptors (Lipinski definition) is 12. The minimum absolute atomic E-state index is 0.0500. The van der Waals surface area contributed by atoms with Crippen molar-refractivity contribution in [1.82, 2.24) is 19.9 Å². The molecule has 2 saturated carbocycles. The van der Waals surface area contributed by atoms with Gasteiger partial charge in [0.25, 0.3) is 0 Å². The molecule has 4 atom stereocenters. The van der Waals surface area contributed by atoms with E-state index in [1.54, 1.807) is 13.1 Å². The van der Waals surface area contributed by atoms with Gasteiger partial charge in [-0.05, 0) is 32.3 Å². The fourth-order valence-electron chi connectivity index (χ4n) is 5.68. The number of aryl methyl sites for hydroxylation is 1. The lowest BCUT2D eigenvalue weighted by Crippen LogP contribution is -2.36. The Hall–Kier alpha value is -3.53. The van der Waals surface area contributed by atoms with Gasteiger partial charge >= 0.3 is 0 Å². The van der Waals surface area contributed by atoms with Crippen LogP contribution in [0.3, 0.4) is 0 Å². The van der Waals surface area contributed by atoms with Crippen LogP contribution in [0.4, 0.5) is 20.5 Å². The maximum Gasteiger partial charge on any atom is 0.225 e. The van der Waals surface area contributed by atoms with Crippen molar-refractivity contribution in [3.8, 4) is 16.3 Å². The Morgan fingerprint density at radius 3 is 2.50 bits per heavy atom. The standard InChI is InChI=1S/C29H32F2N6O5S2/c1-13-22(28-36-24-21(43-28)6-7-32-23(24)14-4-5-14)27(35-20-8-15(12-44(3,40)41)25(38)26(20)39)37-29(34-13)33-11-17-18(30)9-16(42-2)10-19(17)31/h6-7,9-10,14-15,20,25-26,38-39H,4-5,8,11-12H2,1-3H3,(H2,33,34,35,37)/t15-,20-,25-,26+/m1/s1. The lowest BCUT2D eigenvalue weighted by molar-refractivity contribution is 0.0216. The highest BCUT2D eigenvalue weighted by Gasteiger charge is 2.43. The molecule has 3 aromatic heterocycles. The average Bonchev–Trinajstić information content (AvgIpc) is 3.66. The second-order valence-corrected chi connectivity index (χ2v) is 14.7. The van der Waals surface area contributed by atoms with Crippen LogP contribution in [0.25, 0.3) is 20.8 Å². The summed E-state index contributed by atoms with van der Waals surface area (Å²) in [4.78, 5) is 18.7.